The standard InChI is InChI=1S/C18H25N5O2S/c1-11(2)21-26(24,25)14-7-8-17-16(9-14)19-18(23(17)12(3)4)15-10-22(6)20-13(15)5/h7-12,21H,1-6H3. The second-order valence-corrected chi connectivity index (χ2v) is 8.84. The van der Waals surface area contributed by atoms with Crippen molar-refractivity contribution in [2.75, 3.05) is 0 Å². The van der Waals surface area contributed by atoms with E-state index in [1.807, 2.05) is 26.2 Å². The Labute approximate surface area is 154 Å². The molecule has 0 spiro atoms. The van der Waals surface area contributed by atoms with E-state index < -0.39 is 10.0 Å². The first-order valence-corrected chi connectivity index (χ1v) is 10.1. The van der Waals surface area contributed by atoms with Gasteiger partial charge in [-0.3, -0.25) is 4.68 Å². The second-order valence-electron chi connectivity index (χ2n) is 7.13. The summed E-state index contributed by atoms with van der Waals surface area (Å²) in [6.45, 7) is 9.71. The lowest BCUT2D eigenvalue weighted by molar-refractivity contribution is 0.570. The highest BCUT2D eigenvalue weighted by molar-refractivity contribution is 7.89. The molecule has 0 atom stereocenters. The summed E-state index contributed by atoms with van der Waals surface area (Å²) in [5, 5.41) is 4.40. The third kappa shape index (κ3) is 3.26. The molecule has 0 aliphatic rings. The van der Waals surface area contributed by atoms with Crippen LogP contribution in [0, 0.1) is 6.92 Å². The molecule has 0 fully saturated rings. The van der Waals surface area contributed by atoms with Crippen molar-refractivity contribution in [2.45, 2.75) is 51.6 Å². The monoisotopic (exact) mass is 375 g/mol. The highest BCUT2D eigenvalue weighted by Gasteiger charge is 2.21. The largest absolute Gasteiger partial charge is 0.321 e. The molecule has 0 unspecified atom stereocenters. The van der Waals surface area contributed by atoms with Gasteiger partial charge in [-0.15, -0.1) is 0 Å². The van der Waals surface area contributed by atoms with Crippen molar-refractivity contribution in [1.82, 2.24) is 24.1 Å². The van der Waals surface area contributed by atoms with Gasteiger partial charge in [-0.2, -0.15) is 5.10 Å². The van der Waals surface area contributed by atoms with Gasteiger partial charge in [0, 0.05) is 25.3 Å². The fraction of sp³-hybridized carbons (Fsp3) is 0.444. The highest BCUT2D eigenvalue weighted by Crippen LogP contribution is 2.31. The van der Waals surface area contributed by atoms with E-state index in [9.17, 15) is 8.42 Å². The number of aryl methyl sites for hydroxylation is 2. The van der Waals surface area contributed by atoms with E-state index in [0.29, 0.717) is 5.52 Å². The molecule has 0 amide bonds. The Hall–Kier alpha value is -2.19. The zero-order chi connectivity index (χ0) is 19.2. The SMILES string of the molecule is Cc1nn(C)cc1-c1nc2cc(S(=O)(=O)NC(C)C)ccc2n1C(C)C. The Morgan fingerprint density at radius 1 is 1.15 bits per heavy atom. The van der Waals surface area contributed by atoms with Crippen LogP contribution in [0.5, 0.6) is 0 Å². The summed E-state index contributed by atoms with van der Waals surface area (Å²) in [7, 11) is -1.68. The lowest BCUT2D eigenvalue weighted by Gasteiger charge is -2.13. The van der Waals surface area contributed by atoms with Crippen molar-refractivity contribution >= 4 is 21.1 Å². The predicted molar refractivity (Wildman–Crippen MR) is 103 cm³/mol. The van der Waals surface area contributed by atoms with Crippen LogP contribution in [0.2, 0.25) is 0 Å². The zero-order valence-corrected chi connectivity index (χ0v) is 16.8. The normalized spacial score (nSPS) is 12.6. The Morgan fingerprint density at radius 2 is 1.85 bits per heavy atom. The van der Waals surface area contributed by atoms with E-state index in [1.165, 1.54) is 0 Å². The first kappa shape index (κ1) is 18.6. The lowest BCUT2D eigenvalue weighted by atomic mass is 10.2. The van der Waals surface area contributed by atoms with Crippen molar-refractivity contribution in [3.63, 3.8) is 0 Å². The van der Waals surface area contributed by atoms with Crippen LogP contribution in [0.15, 0.2) is 29.3 Å². The van der Waals surface area contributed by atoms with Gasteiger partial charge in [-0.25, -0.2) is 18.1 Å². The number of rotatable bonds is 5. The molecule has 0 radical (unpaired) electrons. The topological polar surface area (TPSA) is 81.8 Å². The van der Waals surface area contributed by atoms with Crippen LogP contribution < -0.4 is 4.72 Å². The summed E-state index contributed by atoms with van der Waals surface area (Å²) in [5.74, 6) is 0.798. The first-order valence-electron chi connectivity index (χ1n) is 8.65. The van der Waals surface area contributed by atoms with Crippen LogP contribution in [-0.4, -0.2) is 33.8 Å². The third-order valence-electron chi connectivity index (χ3n) is 4.13. The van der Waals surface area contributed by atoms with Gasteiger partial charge in [-0.05, 0) is 52.8 Å². The Bertz CT molecular complexity index is 1060. The molecule has 2 heterocycles. The van der Waals surface area contributed by atoms with Crippen molar-refractivity contribution in [1.29, 1.82) is 0 Å². The first-order chi connectivity index (χ1) is 12.1. The lowest BCUT2D eigenvalue weighted by Crippen LogP contribution is -2.30. The molecule has 2 aromatic heterocycles. The summed E-state index contributed by atoms with van der Waals surface area (Å²) < 4.78 is 31.5. The van der Waals surface area contributed by atoms with Crippen LogP contribution in [0.1, 0.15) is 39.4 Å². The van der Waals surface area contributed by atoms with Gasteiger partial charge in [0.2, 0.25) is 10.0 Å². The molecular weight excluding hydrogens is 350 g/mol. The van der Waals surface area contributed by atoms with Gasteiger partial charge < -0.3 is 4.57 Å². The van der Waals surface area contributed by atoms with E-state index in [2.05, 4.69) is 28.2 Å². The Morgan fingerprint density at radius 3 is 2.38 bits per heavy atom. The number of nitrogens with zero attached hydrogens (tertiary/aromatic N) is 4. The van der Waals surface area contributed by atoms with E-state index in [0.717, 1.165) is 22.6 Å². The minimum atomic E-state index is -3.56. The molecule has 1 N–H and O–H groups in total. The van der Waals surface area contributed by atoms with Crippen molar-refractivity contribution in [2.24, 2.45) is 7.05 Å². The minimum Gasteiger partial charge on any atom is -0.321 e. The molecular formula is C18H25N5O2S. The number of benzene rings is 1. The van der Waals surface area contributed by atoms with Crippen LogP contribution in [0.4, 0.5) is 0 Å². The number of imidazole rings is 1. The summed E-state index contributed by atoms with van der Waals surface area (Å²) >= 11 is 0. The molecule has 0 saturated heterocycles. The molecule has 3 aromatic rings. The van der Waals surface area contributed by atoms with Gasteiger partial charge in [-0.1, -0.05) is 0 Å². The van der Waals surface area contributed by atoms with Crippen LogP contribution >= 0.6 is 0 Å². The number of aromatic nitrogens is 4. The van der Waals surface area contributed by atoms with Gasteiger partial charge in [0.05, 0.1) is 27.2 Å². The minimum absolute atomic E-state index is 0.169. The molecule has 0 saturated carbocycles. The predicted octanol–water partition coefficient (Wildman–Crippen LogP) is 3.01. The van der Waals surface area contributed by atoms with E-state index in [-0.39, 0.29) is 17.0 Å². The number of hydrogen-bond donors (Lipinski definition) is 1. The van der Waals surface area contributed by atoms with E-state index in [4.69, 9.17) is 4.98 Å². The van der Waals surface area contributed by atoms with Gasteiger partial charge in [0.25, 0.3) is 0 Å². The fourth-order valence-corrected chi connectivity index (χ4v) is 4.43. The summed E-state index contributed by atoms with van der Waals surface area (Å²) in [4.78, 5) is 4.97. The summed E-state index contributed by atoms with van der Waals surface area (Å²) in [6.07, 6.45) is 1.94. The van der Waals surface area contributed by atoms with Gasteiger partial charge >= 0.3 is 0 Å². The molecule has 3 rings (SSSR count). The Kier molecular flexibility index (Phi) is 4.66. The Balaban J connectivity index is 2.22. The fourth-order valence-electron chi connectivity index (χ4n) is 3.16. The molecule has 0 bridgehead atoms. The maximum atomic E-state index is 12.5. The number of hydrogen-bond acceptors (Lipinski definition) is 4. The molecule has 0 aliphatic heterocycles. The average molecular weight is 375 g/mol. The molecule has 7 nitrogen and oxygen atoms in total. The van der Waals surface area contributed by atoms with Crippen LogP contribution in [-0.2, 0) is 17.1 Å². The van der Waals surface area contributed by atoms with E-state index >= 15 is 0 Å². The summed E-state index contributed by atoms with van der Waals surface area (Å²) in [5.41, 5.74) is 3.39. The van der Waals surface area contributed by atoms with E-state index in [1.54, 1.807) is 30.7 Å². The average Bonchev–Trinajstić information content (AvgIpc) is 3.04. The highest BCUT2D eigenvalue weighted by atomic mass is 32.2. The second kappa shape index (κ2) is 6.51. The molecule has 140 valence electrons. The van der Waals surface area contributed by atoms with Crippen LogP contribution in [0.25, 0.3) is 22.4 Å². The number of nitrogens with one attached hydrogen (secondary N) is 1. The molecule has 0 aliphatic carbocycles. The van der Waals surface area contributed by atoms with Crippen molar-refractivity contribution < 1.29 is 8.42 Å². The number of sulfonamides is 1. The van der Waals surface area contributed by atoms with Gasteiger partial charge in [0.15, 0.2) is 0 Å². The maximum Gasteiger partial charge on any atom is 0.240 e. The van der Waals surface area contributed by atoms with Crippen molar-refractivity contribution in [3.8, 4) is 11.4 Å². The maximum absolute atomic E-state index is 12.5. The molecule has 8 heteroatoms. The summed E-state index contributed by atoms with van der Waals surface area (Å²) in [6, 6.07) is 5.09. The van der Waals surface area contributed by atoms with Gasteiger partial charge in [0.1, 0.15) is 5.82 Å². The number of fused-ring (bicyclic) bond motifs is 1. The van der Waals surface area contributed by atoms with Crippen LogP contribution in [0.3, 0.4) is 0 Å². The molecule has 26 heavy (non-hydrogen) atoms. The zero-order valence-electron chi connectivity index (χ0n) is 16.0. The quantitative estimate of drug-likeness (QED) is 0.743. The molecule has 1 aromatic carbocycles. The van der Waals surface area contributed by atoms with Crippen molar-refractivity contribution in [3.05, 3.63) is 30.1 Å². The smallest absolute Gasteiger partial charge is 0.240 e. The third-order valence-corrected chi connectivity index (χ3v) is 5.79.